The molecule has 1 aromatic heterocycles. The smallest absolute Gasteiger partial charge is 0.322 e. The first-order valence-corrected chi connectivity index (χ1v) is 12.4. The molecule has 0 aliphatic carbocycles. The van der Waals surface area contributed by atoms with Gasteiger partial charge in [-0.05, 0) is 48.2 Å². The lowest BCUT2D eigenvalue weighted by Crippen LogP contribution is -2.45. The van der Waals surface area contributed by atoms with E-state index >= 15 is 0 Å². The molecule has 0 aliphatic heterocycles. The predicted octanol–water partition coefficient (Wildman–Crippen LogP) is 2.14. The van der Waals surface area contributed by atoms with Gasteiger partial charge in [0.15, 0.2) is 0 Å². The van der Waals surface area contributed by atoms with Gasteiger partial charge in [0.05, 0.1) is 11.2 Å². The second-order valence-corrected chi connectivity index (χ2v) is 10.9. The third-order valence-corrected chi connectivity index (χ3v) is 6.63. The summed E-state index contributed by atoms with van der Waals surface area (Å²) in [6, 6.07) is 7.15. The lowest BCUT2D eigenvalue weighted by Gasteiger charge is -2.29. The lowest BCUT2D eigenvalue weighted by atomic mass is 10.0. The molecule has 0 spiro atoms. The van der Waals surface area contributed by atoms with Crippen molar-refractivity contribution in [2.24, 2.45) is 5.92 Å². The van der Waals surface area contributed by atoms with Crippen molar-refractivity contribution in [3.8, 4) is 0 Å². The molecule has 0 radical (unpaired) electrons. The molecule has 2 aromatic rings. The quantitative estimate of drug-likeness (QED) is 0.560. The number of pyridine rings is 1. The molecular formula is C19H25N3O6S2. The highest BCUT2D eigenvalue weighted by atomic mass is 32.2. The number of aromatic nitrogens is 1. The summed E-state index contributed by atoms with van der Waals surface area (Å²) in [4.78, 5) is 15.8. The zero-order chi connectivity index (χ0) is 22.5. The minimum atomic E-state index is -4.20. The van der Waals surface area contributed by atoms with E-state index in [2.05, 4.69) is 9.71 Å². The number of carboxylic acids is 1. The number of aliphatic carboxylic acids is 1. The minimum Gasteiger partial charge on any atom is -0.480 e. The van der Waals surface area contributed by atoms with Crippen LogP contribution in [0.3, 0.4) is 0 Å². The van der Waals surface area contributed by atoms with E-state index < -0.39 is 32.1 Å². The summed E-state index contributed by atoms with van der Waals surface area (Å²) in [5.74, 6) is -1.30. The topological polar surface area (TPSA) is 134 Å². The van der Waals surface area contributed by atoms with Crippen molar-refractivity contribution >= 4 is 31.7 Å². The van der Waals surface area contributed by atoms with Crippen LogP contribution in [-0.2, 0) is 31.4 Å². The minimum absolute atomic E-state index is 0.0564. The van der Waals surface area contributed by atoms with Crippen LogP contribution in [0.15, 0.2) is 53.7 Å². The highest BCUT2D eigenvalue weighted by molar-refractivity contribution is 7.92. The van der Waals surface area contributed by atoms with Gasteiger partial charge in [-0.25, -0.2) is 16.8 Å². The molecule has 0 fully saturated rings. The Balaban J connectivity index is 2.48. The van der Waals surface area contributed by atoms with Crippen molar-refractivity contribution in [1.82, 2.24) is 9.29 Å². The Kier molecular flexibility index (Phi) is 7.56. The first kappa shape index (κ1) is 23.8. The van der Waals surface area contributed by atoms with Crippen molar-refractivity contribution in [3.05, 3.63) is 54.4 Å². The number of nitrogens with zero attached hydrogens (tertiary/aromatic N) is 2. The van der Waals surface area contributed by atoms with Gasteiger partial charge >= 0.3 is 5.97 Å². The van der Waals surface area contributed by atoms with Crippen LogP contribution in [0.2, 0.25) is 0 Å². The molecule has 2 rings (SSSR count). The first-order valence-electron chi connectivity index (χ1n) is 9.11. The fourth-order valence-corrected chi connectivity index (χ4v) is 5.01. The molecule has 164 valence electrons. The average molecular weight is 456 g/mol. The molecular weight excluding hydrogens is 430 g/mol. The molecule has 0 saturated heterocycles. The number of carboxylic acid groups (broad SMARTS) is 1. The molecule has 0 aliphatic rings. The van der Waals surface area contributed by atoms with Gasteiger partial charge in [0.2, 0.25) is 20.0 Å². The zero-order valence-corrected chi connectivity index (χ0v) is 18.5. The fraction of sp³-hybridized carbons (Fsp3) is 0.368. The number of benzene rings is 1. The molecule has 0 saturated carbocycles. The van der Waals surface area contributed by atoms with E-state index in [9.17, 15) is 26.7 Å². The van der Waals surface area contributed by atoms with Crippen LogP contribution in [-0.4, -0.2) is 49.5 Å². The third kappa shape index (κ3) is 6.51. The Bertz CT molecular complexity index is 1070. The van der Waals surface area contributed by atoms with Gasteiger partial charge in [-0.15, -0.1) is 0 Å². The van der Waals surface area contributed by atoms with Crippen molar-refractivity contribution < 1.29 is 26.7 Å². The van der Waals surface area contributed by atoms with Gasteiger partial charge in [-0.1, -0.05) is 19.9 Å². The summed E-state index contributed by atoms with van der Waals surface area (Å²) in [7, 11) is -7.72. The van der Waals surface area contributed by atoms with Crippen molar-refractivity contribution in [2.75, 3.05) is 11.0 Å². The van der Waals surface area contributed by atoms with E-state index in [0.29, 0.717) is 5.56 Å². The van der Waals surface area contributed by atoms with Gasteiger partial charge in [0, 0.05) is 24.6 Å². The van der Waals surface area contributed by atoms with Gasteiger partial charge in [-0.2, -0.15) is 4.31 Å². The van der Waals surface area contributed by atoms with Gasteiger partial charge in [0.1, 0.15) is 6.04 Å². The van der Waals surface area contributed by atoms with E-state index in [-0.39, 0.29) is 29.5 Å². The van der Waals surface area contributed by atoms with Crippen LogP contribution in [0.1, 0.15) is 25.8 Å². The summed E-state index contributed by atoms with van der Waals surface area (Å²) < 4.78 is 52.6. The summed E-state index contributed by atoms with van der Waals surface area (Å²) >= 11 is 0. The highest BCUT2D eigenvalue weighted by Crippen LogP contribution is 2.25. The van der Waals surface area contributed by atoms with E-state index in [4.69, 9.17) is 0 Å². The van der Waals surface area contributed by atoms with E-state index in [1.165, 1.54) is 30.5 Å². The number of rotatable bonds is 10. The van der Waals surface area contributed by atoms with Gasteiger partial charge in [0.25, 0.3) is 0 Å². The van der Waals surface area contributed by atoms with Crippen LogP contribution in [0, 0.1) is 5.92 Å². The van der Waals surface area contributed by atoms with Crippen LogP contribution in [0.5, 0.6) is 0 Å². The van der Waals surface area contributed by atoms with Crippen LogP contribution in [0.25, 0.3) is 0 Å². The molecule has 30 heavy (non-hydrogen) atoms. The highest BCUT2D eigenvalue weighted by Gasteiger charge is 2.36. The molecule has 1 aromatic carbocycles. The van der Waals surface area contributed by atoms with Crippen LogP contribution >= 0.6 is 0 Å². The number of carbonyl (C=O) groups is 1. The maximum atomic E-state index is 13.4. The number of nitrogens with one attached hydrogen (secondary N) is 1. The number of anilines is 1. The maximum absolute atomic E-state index is 13.4. The standard InChI is InChI=1S/C19H25N3O6S2/c1-14(2)11-18(19(23)24)22(13-15-5-4-10-20-12-15)30(27,28)17-8-6-16(7-9-17)21-29(3,25)26/h4-10,12,14,18,21H,11,13H2,1-3H3,(H,23,24)/t18-/m1/s1. The Morgan fingerprint density at radius 1 is 1.13 bits per heavy atom. The molecule has 0 amide bonds. The lowest BCUT2D eigenvalue weighted by molar-refractivity contribution is -0.142. The molecule has 1 heterocycles. The SMILES string of the molecule is CC(C)C[C@H](C(=O)O)N(Cc1cccnc1)S(=O)(=O)c1ccc(NS(C)(=O)=O)cc1. The number of hydrogen-bond acceptors (Lipinski definition) is 6. The predicted molar refractivity (Wildman–Crippen MR) is 113 cm³/mol. The van der Waals surface area contributed by atoms with Gasteiger partial charge < -0.3 is 5.11 Å². The molecule has 0 unspecified atom stereocenters. The van der Waals surface area contributed by atoms with Crippen molar-refractivity contribution in [2.45, 2.75) is 37.8 Å². The molecule has 2 N–H and O–H groups in total. The Hall–Kier alpha value is -2.50. The van der Waals surface area contributed by atoms with E-state index in [0.717, 1.165) is 10.6 Å². The molecule has 1 atom stereocenters. The second-order valence-electron chi connectivity index (χ2n) is 7.29. The van der Waals surface area contributed by atoms with Crippen molar-refractivity contribution in [1.29, 1.82) is 0 Å². The number of sulfonamides is 2. The zero-order valence-electron chi connectivity index (χ0n) is 16.9. The summed E-state index contributed by atoms with van der Waals surface area (Å²) in [6.45, 7) is 3.47. The summed E-state index contributed by atoms with van der Waals surface area (Å²) in [5.41, 5.74) is 0.749. The fourth-order valence-electron chi connectivity index (χ4n) is 2.87. The summed E-state index contributed by atoms with van der Waals surface area (Å²) in [5, 5.41) is 9.75. The largest absolute Gasteiger partial charge is 0.480 e. The Morgan fingerprint density at radius 3 is 2.23 bits per heavy atom. The van der Waals surface area contributed by atoms with E-state index in [1.807, 2.05) is 13.8 Å². The second kappa shape index (κ2) is 9.54. The third-order valence-electron chi connectivity index (χ3n) is 4.15. The average Bonchev–Trinajstić information content (AvgIpc) is 2.64. The Labute approximate surface area is 176 Å². The molecule has 9 nitrogen and oxygen atoms in total. The molecule has 11 heteroatoms. The normalized spacial score (nSPS) is 13.4. The van der Waals surface area contributed by atoms with Crippen molar-refractivity contribution in [3.63, 3.8) is 0 Å². The first-order chi connectivity index (χ1) is 13.9. The monoisotopic (exact) mass is 455 g/mol. The number of hydrogen-bond donors (Lipinski definition) is 2. The van der Waals surface area contributed by atoms with Gasteiger partial charge in [-0.3, -0.25) is 14.5 Å². The van der Waals surface area contributed by atoms with Crippen LogP contribution in [0.4, 0.5) is 5.69 Å². The summed E-state index contributed by atoms with van der Waals surface area (Å²) in [6.07, 6.45) is 4.13. The van der Waals surface area contributed by atoms with Crippen LogP contribution < -0.4 is 4.72 Å². The van der Waals surface area contributed by atoms with E-state index in [1.54, 1.807) is 18.3 Å². The maximum Gasteiger partial charge on any atom is 0.322 e. The molecule has 0 bridgehead atoms. The Morgan fingerprint density at radius 2 is 1.77 bits per heavy atom.